The van der Waals surface area contributed by atoms with Crippen molar-refractivity contribution in [3.05, 3.63) is 53.7 Å². The second-order valence-corrected chi connectivity index (χ2v) is 5.00. The van der Waals surface area contributed by atoms with Crippen LogP contribution in [-0.4, -0.2) is 37.9 Å². The molecule has 2 aromatic heterocycles. The molecule has 122 valence electrons. The fraction of sp³-hybridized carbons (Fsp3) is 0.125. The number of nitrogens with zero attached hydrogens (tertiary/aromatic N) is 4. The van der Waals surface area contributed by atoms with Crippen molar-refractivity contribution in [1.29, 1.82) is 0 Å². The van der Waals surface area contributed by atoms with E-state index in [0.29, 0.717) is 22.7 Å². The van der Waals surface area contributed by atoms with Gasteiger partial charge in [0, 0.05) is 11.6 Å². The smallest absolute Gasteiger partial charge is 0.375 e. The van der Waals surface area contributed by atoms with E-state index in [1.54, 1.807) is 31.2 Å². The minimum absolute atomic E-state index is 0.207. The molecule has 0 aliphatic heterocycles. The van der Waals surface area contributed by atoms with Crippen LogP contribution in [-0.2, 0) is 0 Å². The minimum Gasteiger partial charge on any atom is -0.481 e. The van der Waals surface area contributed by atoms with Gasteiger partial charge in [-0.15, -0.1) is 5.10 Å². The van der Waals surface area contributed by atoms with Crippen molar-refractivity contribution >= 4 is 5.97 Å². The van der Waals surface area contributed by atoms with Crippen LogP contribution in [0.25, 0.3) is 17.1 Å². The molecule has 0 aliphatic rings. The Morgan fingerprint density at radius 3 is 2.67 bits per heavy atom. The first-order chi connectivity index (χ1) is 11.5. The summed E-state index contributed by atoms with van der Waals surface area (Å²) < 4.78 is 20.2. The van der Waals surface area contributed by atoms with Crippen molar-refractivity contribution in [2.75, 3.05) is 7.11 Å². The molecule has 2 heterocycles. The summed E-state index contributed by atoms with van der Waals surface area (Å²) in [6.45, 7) is 1.64. The van der Waals surface area contributed by atoms with Crippen LogP contribution in [0.1, 0.15) is 16.2 Å². The Morgan fingerprint density at radius 2 is 2.08 bits per heavy atom. The number of halogens is 1. The second kappa shape index (κ2) is 6.07. The highest BCUT2D eigenvalue weighted by Crippen LogP contribution is 2.23. The summed E-state index contributed by atoms with van der Waals surface area (Å²) in [4.78, 5) is 19.3. The quantitative estimate of drug-likeness (QED) is 0.791. The van der Waals surface area contributed by atoms with Crippen LogP contribution in [0.15, 0.2) is 36.5 Å². The van der Waals surface area contributed by atoms with Crippen LogP contribution < -0.4 is 4.74 Å². The number of hydrogen-bond donors (Lipinski definition) is 1. The fourth-order valence-corrected chi connectivity index (χ4v) is 2.12. The molecule has 3 rings (SSSR count). The van der Waals surface area contributed by atoms with Gasteiger partial charge >= 0.3 is 5.97 Å². The number of methoxy groups -OCH3 is 1. The molecule has 3 aromatic rings. The summed E-state index contributed by atoms with van der Waals surface area (Å²) in [7, 11) is 1.49. The van der Waals surface area contributed by atoms with E-state index in [9.17, 15) is 9.18 Å². The number of aromatic nitrogens is 4. The van der Waals surface area contributed by atoms with E-state index in [4.69, 9.17) is 9.84 Å². The van der Waals surface area contributed by atoms with Gasteiger partial charge in [-0.2, -0.15) is 0 Å². The van der Waals surface area contributed by atoms with Gasteiger partial charge in [-0.25, -0.2) is 23.8 Å². The molecule has 7 nitrogen and oxygen atoms in total. The lowest BCUT2D eigenvalue weighted by molar-refractivity contribution is 0.0683. The SMILES string of the molecule is COc1ccc(-n2nc(C(=O)O)nc2-c2ccc(C)c(F)c2)cn1. The zero-order valence-corrected chi connectivity index (χ0v) is 12.9. The number of carbonyl (C=O) groups is 1. The van der Waals surface area contributed by atoms with Crippen LogP contribution in [0.2, 0.25) is 0 Å². The van der Waals surface area contributed by atoms with Crippen LogP contribution >= 0.6 is 0 Å². The molecule has 24 heavy (non-hydrogen) atoms. The van der Waals surface area contributed by atoms with Gasteiger partial charge in [0.05, 0.1) is 19.0 Å². The molecule has 0 saturated heterocycles. The van der Waals surface area contributed by atoms with E-state index >= 15 is 0 Å². The van der Waals surface area contributed by atoms with Crippen molar-refractivity contribution < 1.29 is 19.0 Å². The second-order valence-electron chi connectivity index (χ2n) is 5.00. The number of aromatic carboxylic acids is 1. The third kappa shape index (κ3) is 2.81. The topological polar surface area (TPSA) is 90.1 Å². The van der Waals surface area contributed by atoms with E-state index in [1.165, 1.54) is 24.1 Å². The van der Waals surface area contributed by atoms with Gasteiger partial charge in [0.1, 0.15) is 5.82 Å². The van der Waals surface area contributed by atoms with Crippen molar-refractivity contribution in [2.24, 2.45) is 0 Å². The lowest BCUT2D eigenvalue weighted by Crippen LogP contribution is -2.03. The molecule has 0 radical (unpaired) electrons. The number of pyridine rings is 1. The number of benzene rings is 1. The summed E-state index contributed by atoms with van der Waals surface area (Å²) in [5.41, 5.74) is 1.37. The molecule has 0 amide bonds. The molecule has 0 unspecified atom stereocenters. The summed E-state index contributed by atoms with van der Waals surface area (Å²) in [5, 5.41) is 13.1. The number of rotatable bonds is 4. The summed E-state index contributed by atoms with van der Waals surface area (Å²) in [6, 6.07) is 7.80. The molecule has 0 bridgehead atoms. The highest BCUT2D eigenvalue weighted by atomic mass is 19.1. The fourth-order valence-electron chi connectivity index (χ4n) is 2.12. The van der Waals surface area contributed by atoms with Crippen LogP contribution in [0, 0.1) is 12.7 Å². The van der Waals surface area contributed by atoms with Crippen molar-refractivity contribution in [1.82, 2.24) is 19.7 Å². The maximum atomic E-state index is 13.9. The highest BCUT2D eigenvalue weighted by Gasteiger charge is 2.19. The Labute approximate surface area is 136 Å². The van der Waals surface area contributed by atoms with Gasteiger partial charge in [-0.05, 0) is 24.6 Å². The molecule has 0 spiro atoms. The highest BCUT2D eigenvalue weighted by molar-refractivity contribution is 5.84. The van der Waals surface area contributed by atoms with Crippen LogP contribution in [0.5, 0.6) is 5.88 Å². The van der Waals surface area contributed by atoms with Crippen LogP contribution in [0.3, 0.4) is 0 Å². The Morgan fingerprint density at radius 1 is 1.29 bits per heavy atom. The summed E-state index contributed by atoms with van der Waals surface area (Å²) >= 11 is 0. The Hall–Kier alpha value is -3.29. The van der Waals surface area contributed by atoms with Gasteiger partial charge in [-0.1, -0.05) is 12.1 Å². The number of carboxylic acids is 1. The average molecular weight is 328 g/mol. The van der Waals surface area contributed by atoms with Gasteiger partial charge in [0.2, 0.25) is 5.88 Å². The van der Waals surface area contributed by atoms with E-state index < -0.39 is 11.8 Å². The summed E-state index contributed by atoms with van der Waals surface area (Å²) in [6.07, 6.45) is 1.47. The number of aryl methyl sites for hydroxylation is 1. The van der Waals surface area contributed by atoms with Crippen molar-refractivity contribution in [3.8, 4) is 23.0 Å². The zero-order chi connectivity index (χ0) is 17.3. The largest absolute Gasteiger partial charge is 0.481 e. The average Bonchev–Trinajstić information content (AvgIpc) is 3.03. The standard InChI is InChI=1S/C16H13FN4O3/c1-9-3-4-10(7-12(9)17)15-19-14(16(22)23)20-21(15)11-5-6-13(24-2)18-8-11/h3-8H,1-2H3,(H,22,23). The van der Waals surface area contributed by atoms with E-state index in [2.05, 4.69) is 15.1 Å². The van der Waals surface area contributed by atoms with Gasteiger partial charge < -0.3 is 9.84 Å². The first-order valence-corrected chi connectivity index (χ1v) is 6.97. The van der Waals surface area contributed by atoms with Gasteiger partial charge in [-0.3, -0.25) is 0 Å². The monoisotopic (exact) mass is 328 g/mol. The van der Waals surface area contributed by atoms with Crippen molar-refractivity contribution in [3.63, 3.8) is 0 Å². The van der Waals surface area contributed by atoms with E-state index in [1.807, 2.05) is 0 Å². The number of ether oxygens (including phenoxy) is 1. The third-order valence-electron chi connectivity index (χ3n) is 3.40. The first-order valence-electron chi connectivity index (χ1n) is 6.97. The third-order valence-corrected chi connectivity index (χ3v) is 3.40. The Balaban J connectivity index is 2.16. The lowest BCUT2D eigenvalue weighted by Gasteiger charge is -2.07. The minimum atomic E-state index is -1.27. The Kier molecular flexibility index (Phi) is 3.95. The number of carboxylic acid groups (broad SMARTS) is 1. The molecular weight excluding hydrogens is 315 g/mol. The summed E-state index contributed by atoms with van der Waals surface area (Å²) in [5.74, 6) is -1.46. The van der Waals surface area contributed by atoms with Crippen molar-refractivity contribution in [2.45, 2.75) is 6.92 Å². The van der Waals surface area contributed by atoms with Gasteiger partial charge in [0.25, 0.3) is 5.82 Å². The molecule has 0 saturated carbocycles. The lowest BCUT2D eigenvalue weighted by atomic mass is 10.1. The van der Waals surface area contributed by atoms with E-state index in [-0.39, 0.29) is 11.6 Å². The molecule has 0 atom stereocenters. The molecule has 0 aliphatic carbocycles. The molecule has 1 N–H and O–H groups in total. The predicted molar refractivity (Wildman–Crippen MR) is 82.8 cm³/mol. The maximum absolute atomic E-state index is 13.9. The van der Waals surface area contributed by atoms with Gasteiger partial charge in [0.15, 0.2) is 5.82 Å². The molecular formula is C16H13FN4O3. The van der Waals surface area contributed by atoms with E-state index in [0.717, 1.165) is 0 Å². The molecule has 0 fully saturated rings. The maximum Gasteiger partial charge on any atom is 0.375 e. The molecule has 1 aromatic carbocycles. The molecule has 8 heteroatoms. The number of hydrogen-bond acceptors (Lipinski definition) is 5. The Bertz CT molecular complexity index is 906. The first kappa shape index (κ1) is 15.6. The normalized spacial score (nSPS) is 10.6. The predicted octanol–water partition coefficient (Wildman–Crippen LogP) is 2.48. The zero-order valence-electron chi connectivity index (χ0n) is 12.9. The van der Waals surface area contributed by atoms with Crippen LogP contribution in [0.4, 0.5) is 4.39 Å².